The SMILES string of the molecule is CNC1CCN(Cc2nc(Cc3ccccc3)no2)C1. The van der Waals surface area contributed by atoms with Crippen molar-refractivity contribution in [3.05, 3.63) is 47.6 Å². The highest BCUT2D eigenvalue weighted by Crippen LogP contribution is 2.13. The lowest BCUT2D eigenvalue weighted by Crippen LogP contribution is -2.29. The second-order valence-corrected chi connectivity index (χ2v) is 5.28. The number of hydrogen-bond acceptors (Lipinski definition) is 5. The number of benzene rings is 1. The largest absolute Gasteiger partial charge is 0.338 e. The molecule has 0 radical (unpaired) electrons. The van der Waals surface area contributed by atoms with Crippen molar-refractivity contribution < 1.29 is 4.52 Å². The molecule has 0 saturated carbocycles. The molecule has 1 fully saturated rings. The van der Waals surface area contributed by atoms with Gasteiger partial charge in [-0.25, -0.2) is 0 Å². The fourth-order valence-corrected chi connectivity index (χ4v) is 2.61. The lowest BCUT2D eigenvalue weighted by molar-refractivity contribution is 0.263. The Morgan fingerprint density at radius 2 is 2.20 bits per heavy atom. The maximum absolute atomic E-state index is 5.34. The molecular weight excluding hydrogens is 252 g/mol. The van der Waals surface area contributed by atoms with Crippen LogP contribution < -0.4 is 5.32 Å². The van der Waals surface area contributed by atoms with Crippen LogP contribution in [0.2, 0.25) is 0 Å². The zero-order valence-electron chi connectivity index (χ0n) is 11.7. The van der Waals surface area contributed by atoms with Crippen LogP contribution in [0.25, 0.3) is 0 Å². The molecule has 3 rings (SSSR count). The van der Waals surface area contributed by atoms with E-state index < -0.39 is 0 Å². The number of nitrogens with zero attached hydrogens (tertiary/aromatic N) is 3. The van der Waals surface area contributed by atoms with Crippen LogP contribution in [0.3, 0.4) is 0 Å². The molecule has 1 aliphatic rings. The Bertz CT molecular complexity index is 540. The van der Waals surface area contributed by atoms with Crippen LogP contribution in [0.15, 0.2) is 34.9 Å². The van der Waals surface area contributed by atoms with Gasteiger partial charge in [0.25, 0.3) is 0 Å². The Kier molecular flexibility index (Phi) is 4.08. The van der Waals surface area contributed by atoms with Crippen LogP contribution >= 0.6 is 0 Å². The second kappa shape index (κ2) is 6.15. The number of likely N-dealkylation sites (tertiary alicyclic amines) is 1. The molecule has 1 aromatic carbocycles. The summed E-state index contributed by atoms with van der Waals surface area (Å²) in [5.41, 5.74) is 1.20. The molecule has 5 heteroatoms. The zero-order chi connectivity index (χ0) is 13.8. The first-order valence-electron chi connectivity index (χ1n) is 7.08. The van der Waals surface area contributed by atoms with E-state index in [1.165, 1.54) is 12.0 Å². The minimum absolute atomic E-state index is 0.585. The van der Waals surface area contributed by atoms with Crippen molar-refractivity contribution in [2.24, 2.45) is 0 Å². The number of nitrogens with one attached hydrogen (secondary N) is 1. The van der Waals surface area contributed by atoms with Gasteiger partial charge in [0.05, 0.1) is 6.54 Å². The van der Waals surface area contributed by atoms with Crippen molar-refractivity contribution in [1.82, 2.24) is 20.4 Å². The van der Waals surface area contributed by atoms with E-state index in [1.54, 1.807) is 0 Å². The third kappa shape index (κ3) is 3.23. The molecule has 0 spiro atoms. The van der Waals surface area contributed by atoms with E-state index in [9.17, 15) is 0 Å². The summed E-state index contributed by atoms with van der Waals surface area (Å²) in [6, 6.07) is 10.8. The van der Waals surface area contributed by atoms with Gasteiger partial charge in [0.2, 0.25) is 5.89 Å². The van der Waals surface area contributed by atoms with Gasteiger partial charge >= 0.3 is 0 Å². The van der Waals surface area contributed by atoms with E-state index in [-0.39, 0.29) is 0 Å². The molecule has 1 aromatic heterocycles. The summed E-state index contributed by atoms with van der Waals surface area (Å²) in [6.45, 7) is 2.88. The first-order chi connectivity index (χ1) is 9.83. The fourth-order valence-electron chi connectivity index (χ4n) is 2.61. The summed E-state index contributed by atoms with van der Waals surface area (Å²) in [5, 5.41) is 7.37. The summed E-state index contributed by atoms with van der Waals surface area (Å²) in [5.74, 6) is 1.48. The van der Waals surface area contributed by atoms with Gasteiger partial charge in [0.1, 0.15) is 0 Å². The number of rotatable bonds is 5. The minimum atomic E-state index is 0.585. The third-order valence-electron chi connectivity index (χ3n) is 3.75. The summed E-state index contributed by atoms with van der Waals surface area (Å²) in [6.07, 6.45) is 1.91. The lowest BCUT2D eigenvalue weighted by atomic mass is 10.1. The second-order valence-electron chi connectivity index (χ2n) is 5.28. The average Bonchev–Trinajstić information content (AvgIpc) is 3.10. The van der Waals surface area contributed by atoms with Crippen LogP contribution in [-0.4, -0.2) is 41.2 Å². The molecule has 2 heterocycles. The topological polar surface area (TPSA) is 54.2 Å². The summed E-state index contributed by atoms with van der Waals surface area (Å²) in [4.78, 5) is 6.83. The Balaban J connectivity index is 1.57. The van der Waals surface area contributed by atoms with E-state index in [0.717, 1.165) is 31.9 Å². The van der Waals surface area contributed by atoms with E-state index in [0.29, 0.717) is 11.9 Å². The van der Waals surface area contributed by atoms with Gasteiger partial charge in [-0.3, -0.25) is 4.90 Å². The van der Waals surface area contributed by atoms with E-state index >= 15 is 0 Å². The van der Waals surface area contributed by atoms with Crippen molar-refractivity contribution in [3.8, 4) is 0 Å². The van der Waals surface area contributed by atoms with E-state index in [4.69, 9.17) is 4.52 Å². The van der Waals surface area contributed by atoms with Gasteiger partial charge in [0, 0.05) is 25.6 Å². The van der Waals surface area contributed by atoms with Crippen molar-refractivity contribution in [2.45, 2.75) is 25.4 Å². The van der Waals surface area contributed by atoms with Crippen LogP contribution in [0.1, 0.15) is 23.7 Å². The van der Waals surface area contributed by atoms with Crippen molar-refractivity contribution in [2.75, 3.05) is 20.1 Å². The molecule has 1 aliphatic heterocycles. The molecule has 1 saturated heterocycles. The van der Waals surface area contributed by atoms with Crippen molar-refractivity contribution in [3.63, 3.8) is 0 Å². The molecule has 106 valence electrons. The first kappa shape index (κ1) is 13.3. The average molecular weight is 272 g/mol. The number of likely N-dealkylation sites (N-methyl/N-ethyl adjacent to an activating group) is 1. The molecule has 1 unspecified atom stereocenters. The number of aromatic nitrogens is 2. The Morgan fingerprint density at radius 3 is 2.95 bits per heavy atom. The maximum atomic E-state index is 5.34. The Labute approximate surface area is 119 Å². The Hall–Kier alpha value is -1.72. The van der Waals surface area contributed by atoms with Gasteiger partial charge in [-0.2, -0.15) is 4.98 Å². The monoisotopic (exact) mass is 272 g/mol. The molecule has 0 bridgehead atoms. The Morgan fingerprint density at radius 1 is 1.35 bits per heavy atom. The highest BCUT2D eigenvalue weighted by molar-refractivity contribution is 5.18. The van der Waals surface area contributed by atoms with Gasteiger partial charge in [-0.05, 0) is 19.0 Å². The van der Waals surface area contributed by atoms with E-state index in [2.05, 4.69) is 32.5 Å². The molecule has 5 nitrogen and oxygen atoms in total. The maximum Gasteiger partial charge on any atom is 0.240 e. The third-order valence-corrected chi connectivity index (χ3v) is 3.75. The smallest absolute Gasteiger partial charge is 0.240 e. The fraction of sp³-hybridized carbons (Fsp3) is 0.467. The molecule has 2 aromatic rings. The highest BCUT2D eigenvalue weighted by atomic mass is 16.5. The molecule has 20 heavy (non-hydrogen) atoms. The quantitative estimate of drug-likeness (QED) is 0.893. The van der Waals surface area contributed by atoms with Crippen LogP contribution in [-0.2, 0) is 13.0 Å². The van der Waals surface area contributed by atoms with Gasteiger partial charge in [-0.1, -0.05) is 35.5 Å². The highest BCUT2D eigenvalue weighted by Gasteiger charge is 2.22. The predicted octanol–water partition coefficient (Wildman–Crippen LogP) is 1.45. The summed E-state index contributed by atoms with van der Waals surface area (Å²) in [7, 11) is 2.01. The molecule has 1 atom stereocenters. The number of hydrogen-bond donors (Lipinski definition) is 1. The van der Waals surface area contributed by atoms with Crippen molar-refractivity contribution >= 4 is 0 Å². The first-order valence-corrected chi connectivity index (χ1v) is 7.08. The molecule has 0 aliphatic carbocycles. The van der Waals surface area contributed by atoms with Gasteiger partial charge in [0.15, 0.2) is 5.82 Å². The van der Waals surface area contributed by atoms with Crippen LogP contribution in [0.4, 0.5) is 0 Å². The van der Waals surface area contributed by atoms with Crippen LogP contribution in [0, 0.1) is 0 Å². The van der Waals surface area contributed by atoms with E-state index in [1.807, 2.05) is 25.2 Å². The summed E-state index contributed by atoms with van der Waals surface area (Å²) < 4.78 is 5.34. The molecular formula is C15H20N4O. The van der Waals surface area contributed by atoms with Crippen LogP contribution in [0.5, 0.6) is 0 Å². The lowest BCUT2D eigenvalue weighted by Gasteiger charge is -2.12. The molecule has 0 amide bonds. The predicted molar refractivity (Wildman–Crippen MR) is 76.3 cm³/mol. The van der Waals surface area contributed by atoms with Gasteiger partial charge in [-0.15, -0.1) is 0 Å². The normalized spacial score (nSPS) is 19.6. The van der Waals surface area contributed by atoms with Crippen molar-refractivity contribution in [1.29, 1.82) is 0 Å². The summed E-state index contributed by atoms with van der Waals surface area (Å²) >= 11 is 0. The van der Waals surface area contributed by atoms with Gasteiger partial charge < -0.3 is 9.84 Å². The molecule has 1 N–H and O–H groups in total. The minimum Gasteiger partial charge on any atom is -0.338 e. The zero-order valence-corrected chi connectivity index (χ0v) is 11.7. The standard InChI is InChI=1S/C15H20N4O/c1-16-13-7-8-19(10-13)11-15-17-14(18-20-15)9-12-5-3-2-4-6-12/h2-6,13,16H,7-11H2,1H3.